The average molecular weight is 293 g/mol. The van der Waals surface area contributed by atoms with E-state index in [2.05, 4.69) is 4.98 Å². The van der Waals surface area contributed by atoms with E-state index >= 15 is 0 Å². The molecular weight excluding hydrogens is 274 g/mol. The lowest BCUT2D eigenvalue weighted by Crippen LogP contribution is -2.44. The third-order valence-corrected chi connectivity index (χ3v) is 4.17. The highest BCUT2D eigenvalue weighted by atomic mass is 32.1. The molecule has 1 saturated heterocycles. The molecule has 0 spiro atoms. The minimum atomic E-state index is -0.353. The van der Waals surface area contributed by atoms with Gasteiger partial charge in [0.15, 0.2) is 0 Å². The monoisotopic (exact) mass is 293 g/mol. The van der Waals surface area contributed by atoms with Gasteiger partial charge in [0.25, 0.3) is 0 Å². The number of nitrogens with zero attached hydrogens (tertiary/aromatic N) is 2. The first-order chi connectivity index (χ1) is 9.56. The fourth-order valence-electron chi connectivity index (χ4n) is 2.44. The van der Waals surface area contributed by atoms with Crippen molar-refractivity contribution in [3.8, 4) is 0 Å². The third-order valence-electron chi connectivity index (χ3n) is 3.38. The highest BCUT2D eigenvalue weighted by Gasteiger charge is 2.26. The molecule has 0 radical (unpaired) electrons. The molecule has 2 rings (SSSR count). The SMILES string of the molecule is Cc1nc(/C=C/C(=O)N2CCCCC2CC(N)=O)cs1. The number of hydrogen-bond donors (Lipinski definition) is 1. The Bertz CT molecular complexity index is 524. The predicted molar refractivity (Wildman–Crippen MR) is 79.0 cm³/mol. The number of carbonyl (C=O) groups is 2. The van der Waals surface area contributed by atoms with Crippen molar-refractivity contribution in [2.45, 2.75) is 38.6 Å². The van der Waals surface area contributed by atoms with Crippen LogP contribution in [0.4, 0.5) is 0 Å². The molecule has 20 heavy (non-hydrogen) atoms. The van der Waals surface area contributed by atoms with E-state index in [1.807, 2.05) is 12.3 Å². The minimum Gasteiger partial charge on any atom is -0.370 e. The van der Waals surface area contributed by atoms with Crippen LogP contribution in [0, 0.1) is 6.92 Å². The van der Waals surface area contributed by atoms with E-state index in [9.17, 15) is 9.59 Å². The maximum absolute atomic E-state index is 12.2. The summed E-state index contributed by atoms with van der Waals surface area (Å²) < 4.78 is 0. The molecule has 2 heterocycles. The number of aromatic nitrogens is 1. The Hall–Kier alpha value is -1.69. The van der Waals surface area contributed by atoms with Crippen LogP contribution < -0.4 is 5.73 Å². The molecule has 1 unspecified atom stereocenters. The van der Waals surface area contributed by atoms with Gasteiger partial charge in [-0.05, 0) is 32.3 Å². The van der Waals surface area contributed by atoms with Crippen LogP contribution in [0.5, 0.6) is 0 Å². The Labute approximate surface area is 122 Å². The molecule has 6 heteroatoms. The molecule has 0 aromatic carbocycles. The van der Waals surface area contributed by atoms with Crippen LogP contribution in [0.15, 0.2) is 11.5 Å². The smallest absolute Gasteiger partial charge is 0.246 e. The van der Waals surface area contributed by atoms with Crippen molar-refractivity contribution >= 4 is 29.2 Å². The number of carbonyl (C=O) groups excluding carboxylic acids is 2. The van der Waals surface area contributed by atoms with Gasteiger partial charge in [-0.1, -0.05) is 0 Å². The first-order valence-corrected chi connectivity index (χ1v) is 7.63. The Morgan fingerprint density at radius 1 is 1.55 bits per heavy atom. The number of piperidine rings is 1. The van der Waals surface area contributed by atoms with E-state index in [4.69, 9.17) is 5.73 Å². The maximum Gasteiger partial charge on any atom is 0.246 e. The topological polar surface area (TPSA) is 76.3 Å². The fraction of sp³-hybridized carbons (Fsp3) is 0.500. The second-order valence-corrected chi connectivity index (χ2v) is 6.04. The Morgan fingerprint density at radius 2 is 2.35 bits per heavy atom. The van der Waals surface area contributed by atoms with E-state index in [0.29, 0.717) is 6.54 Å². The lowest BCUT2D eigenvalue weighted by molar-refractivity contribution is -0.130. The summed E-state index contributed by atoms with van der Waals surface area (Å²) in [6.07, 6.45) is 6.37. The van der Waals surface area contributed by atoms with Gasteiger partial charge < -0.3 is 10.6 Å². The lowest BCUT2D eigenvalue weighted by atomic mass is 9.99. The number of amides is 2. The molecule has 1 aliphatic rings. The zero-order valence-corrected chi connectivity index (χ0v) is 12.4. The average Bonchev–Trinajstić information content (AvgIpc) is 2.82. The molecule has 1 atom stereocenters. The Balaban J connectivity index is 2.02. The van der Waals surface area contributed by atoms with E-state index in [0.717, 1.165) is 30.0 Å². The summed E-state index contributed by atoms with van der Waals surface area (Å²) in [4.78, 5) is 29.3. The molecule has 0 saturated carbocycles. The Morgan fingerprint density at radius 3 is 3.00 bits per heavy atom. The number of rotatable bonds is 4. The number of nitrogens with two attached hydrogens (primary N) is 1. The van der Waals surface area contributed by atoms with Gasteiger partial charge >= 0.3 is 0 Å². The molecule has 0 bridgehead atoms. The van der Waals surface area contributed by atoms with Gasteiger partial charge in [0.05, 0.1) is 10.7 Å². The number of hydrogen-bond acceptors (Lipinski definition) is 4. The lowest BCUT2D eigenvalue weighted by Gasteiger charge is -2.34. The van der Waals surface area contributed by atoms with E-state index in [1.165, 1.54) is 6.08 Å². The summed E-state index contributed by atoms with van der Waals surface area (Å²) in [5.74, 6) is -0.421. The second kappa shape index (κ2) is 6.65. The third kappa shape index (κ3) is 3.90. The van der Waals surface area contributed by atoms with Gasteiger partial charge in [0, 0.05) is 30.5 Å². The first kappa shape index (κ1) is 14.7. The summed E-state index contributed by atoms with van der Waals surface area (Å²) in [6.45, 7) is 2.62. The van der Waals surface area contributed by atoms with Crippen LogP contribution in [0.1, 0.15) is 36.4 Å². The van der Waals surface area contributed by atoms with Gasteiger partial charge in [-0.25, -0.2) is 4.98 Å². The number of thiazole rings is 1. The second-order valence-electron chi connectivity index (χ2n) is 4.98. The zero-order valence-electron chi connectivity index (χ0n) is 11.5. The highest BCUT2D eigenvalue weighted by Crippen LogP contribution is 2.20. The number of aryl methyl sites for hydroxylation is 1. The van der Waals surface area contributed by atoms with E-state index in [1.54, 1.807) is 22.3 Å². The van der Waals surface area contributed by atoms with Crippen molar-refractivity contribution in [1.82, 2.24) is 9.88 Å². The molecule has 1 fully saturated rings. The summed E-state index contributed by atoms with van der Waals surface area (Å²) in [7, 11) is 0. The molecular formula is C14H19N3O2S. The first-order valence-electron chi connectivity index (χ1n) is 6.75. The molecule has 5 nitrogen and oxygen atoms in total. The van der Waals surface area contributed by atoms with Gasteiger partial charge in [0.2, 0.25) is 11.8 Å². The largest absolute Gasteiger partial charge is 0.370 e. The van der Waals surface area contributed by atoms with Gasteiger partial charge in [0.1, 0.15) is 0 Å². The van der Waals surface area contributed by atoms with Crippen molar-refractivity contribution < 1.29 is 9.59 Å². The van der Waals surface area contributed by atoms with Crippen LogP contribution in [-0.2, 0) is 9.59 Å². The van der Waals surface area contributed by atoms with Crippen molar-refractivity contribution in [3.05, 3.63) is 22.2 Å². The van der Waals surface area contributed by atoms with Crippen LogP contribution in [0.3, 0.4) is 0 Å². The molecule has 1 aromatic rings. The molecule has 2 amide bonds. The molecule has 108 valence electrons. The van der Waals surface area contributed by atoms with E-state index in [-0.39, 0.29) is 24.3 Å². The predicted octanol–water partition coefficient (Wildman–Crippen LogP) is 1.72. The van der Waals surface area contributed by atoms with Crippen molar-refractivity contribution in [3.63, 3.8) is 0 Å². The maximum atomic E-state index is 12.2. The standard InChI is InChI=1S/C14H19N3O2S/c1-10-16-11(9-20-10)5-6-14(19)17-7-3-2-4-12(17)8-13(15)18/h5-6,9,12H,2-4,7-8H2,1H3,(H2,15,18)/b6-5+. The highest BCUT2D eigenvalue weighted by molar-refractivity contribution is 7.09. The molecule has 2 N–H and O–H groups in total. The molecule has 0 aliphatic carbocycles. The number of likely N-dealkylation sites (tertiary alicyclic amines) is 1. The van der Waals surface area contributed by atoms with Crippen LogP contribution in [-0.4, -0.2) is 34.3 Å². The number of primary amides is 1. The molecule has 1 aliphatic heterocycles. The normalized spacial score (nSPS) is 19.4. The van der Waals surface area contributed by atoms with Crippen molar-refractivity contribution in [1.29, 1.82) is 0 Å². The van der Waals surface area contributed by atoms with Gasteiger partial charge in [-0.2, -0.15) is 0 Å². The van der Waals surface area contributed by atoms with Crippen molar-refractivity contribution in [2.75, 3.05) is 6.54 Å². The summed E-state index contributed by atoms with van der Waals surface area (Å²) in [5, 5.41) is 2.89. The quantitative estimate of drug-likeness (QED) is 0.859. The van der Waals surface area contributed by atoms with Crippen LogP contribution in [0.2, 0.25) is 0 Å². The summed E-state index contributed by atoms with van der Waals surface area (Å²) in [5.41, 5.74) is 6.05. The van der Waals surface area contributed by atoms with Crippen molar-refractivity contribution in [2.24, 2.45) is 5.73 Å². The van der Waals surface area contributed by atoms with Crippen LogP contribution >= 0.6 is 11.3 Å². The summed E-state index contributed by atoms with van der Waals surface area (Å²) in [6, 6.07) is -0.0597. The summed E-state index contributed by atoms with van der Waals surface area (Å²) >= 11 is 1.55. The fourth-order valence-corrected chi connectivity index (χ4v) is 3.02. The van der Waals surface area contributed by atoms with Gasteiger partial charge in [-0.15, -0.1) is 11.3 Å². The zero-order chi connectivity index (χ0) is 14.5. The Kier molecular flexibility index (Phi) is 4.89. The van der Waals surface area contributed by atoms with Crippen LogP contribution in [0.25, 0.3) is 6.08 Å². The molecule has 1 aromatic heterocycles. The van der Waals surface area contributed by atoms with E-state index < -0.39 is 0 Å². The minimum absolute atomic E-state index is 0.0597. The van der Waals surface area contributed by atoms with Gasteiger partial charge in [-0.3, -0.25) is 9.59 Å².